The average Bonchev–Trinajstić information content (AvgIpc) is 3.39. The van der Waals surface area contributed by atoms with Gasteiger partial charge in [-0.2, -0.15) is 4.99 Å². The Labute approximate surface area is 177 Å². The van der Waals surface area contributed by atoms with E-state index in [1.807, 2.05) is 20.8 Å². The van der Waals surface area contributed by atoms with Crippen molar-refractivity contribution >= 4 is 11.9 Å². The lowest BCUT2D eigenvalue weighted by Crippen LogP contribution is -2.46. The fourth-order valence-electron chi connectivity index (χ4n) is 4.90. The first-order chi connectivity index (χ1) is 14.3. The van der Waals surface area contributed by atoms with Crippen LogP contribution in [0.1, 0.15) is 57.6 Å². The minimum Gasteiger partial charge on any atom is -0.447 e. The highest BCUT2D eigenvalue weighted by Gasteiger charge is 2.51. The number of carbonyl (C=O) groups excluding carboxylic acids is 1. The maximum atomic E-state index is 12.8. The molecule has 160 valence electrons. The number of aliphatic imine (C=N–C) groups is 1. The topological polar surface area (TPSA) is 60.4 Å². The number of rotatable bonds is 2. The summed E-state index contributed by atoms with van der Waals surface area (Å²) < 4.78 is 18.4. The second-order valence-corrected chi connectivity index (χ2v) is 9.87. The molecule has 0 aromatic heterocycles. The van der Waals surface area contributed by atoms with E-state index in [9.17, 15) is 4.79 Å². The Morgan fingerprint density at radius 2 is 1.93 bits per heavy atom. The molecule has 2 spiro atoms. The van der Waals surface area contributed by atoms with Crippen LogP contribution in [0.15, 0.2) is 40.9 Å². The smallest absolute Gasteiger partial charge is 0.296 e. The minimum atomic E-state index is -0.864. The molecule has 1 atom stereocenters. The molecule has 1 fully saturated rings. The summed E-state index contributed by atoms with van der Waals surface area (Å²) in [5.74, 6) is -0.165. The monoisotopic (exact) mass is 410 g/mol. The number of ether oxygens (including phenoxy) is 3. The van der Waals surface area contributed by atoms with Gasteiger partial charge in [0.15, 0.2) is 5.60 Å². The molecular weight excluding hydrogens is 380 g/mol. The number of likely N-dealkylation sites (tertiary alicyclic amines) is 1. The fourth-order valence-corrected chi connectivity index (χ4v) is 4.90. The number of amides is 1. The average molecular weight is 411 g/mol. The first kappa shape index (κ1) is 19.8. The highest BCUT2D eigenvalue weighted by atomic mass is 16.5. The summed E-state index contributed by atoms with van der Waals surface area (Å²) in [6.45, 7) is 8.85. The van der Waals surface area contributed by atoms with Gasteiger partial charge in [0, 0.05) is 25.9 Å². The van der Waals surface area contributed by atoms with E-state index in [0.717, 1.165) is 31.5 Å². The predicted octanol–water partition coefficient (Wildman–Crippen LogP) is 3.69. The number of carbonyl (C=O) groups is 1. The number of fused-ring (bicyclic) bond motifs is 2. The van der Waals surface area contributed by atoms with Crippen LogP contribution in [0.4, 0.5) is 0 Å². The van der Waals surface area contributed by atoms with E-state index < -0.39 is 5.60 Å². The summed E-state index contributed by atoms with van der Waals surface area (Å²) in [4.78, 5) is 19.2. The van der Waals surface area contributed by atoms with Crippen LogP contribution >= 0.6 is 0 Å². The summed E-state index contributed by atoms with van der Waals surface area (Å²) >= 11 is 0. The van der Waals surface area contributed by atoms with Gasteiger partial charge in [-0.15, -0.1) is 0 Å². The molecule has 0 radical (unpaired) electrons. The lowest BCUT2D eigenvalue weighted by molar-refractivity contribution is -0.130. The van der Waals surface area contributed by atoms with E-state index >= 15 is 0 Å². The molecule has 3 aliphatic heterocycles. The van der Waals surface area contributed by atoms with E-state index in [1.165, 1.54) is 11.1 Å². The zero-order valence-electron chi connectivity index (χ0n) is 18.1. The SMILES string of the molecule is CC(C)(C)OCC1=CCC2(C1)OC(N1CCC3(CC1)OCc1ccccc13)=NC2=O. The molecule has 6 heteroatoms. The van der Waals surface area contributed by atoms with E-state index in [-0.39, 0.29) is 17.1 Å². The van der Waals surface area contributed by atoms with Gasteiger partial charge < -0.3 is 19.1 Å². The molecule has 0 saturated carbocycles. The Balaban J connectivity index is 1.21. The van der Waals surface area contributed by atoms with Gasteiger partial charge in [-0.1, -0.05) is 30.3 Å². The third kappa shape index (κ3) is 3.36. The van der Waals surface area contributed by atoms with Crippen LogP contribution in [0.5, 0.6) is 0 Å². The van der Waals surface area contributed by atoms with Crippen molar-refractivity contribution in [3.8, 4) is 0 Å². The van der Waals surface area contributed by atoms with Crippen LogP contribution < -0.4 is 0 Å². The van der Waals surface area contributed by atoms with E-state index in [4.69, 9.17) is 14.2 Å². The molecule has 1 aromatic carbocycles. The van der Waals surface area contributed by atoms with Crippen LogP contribution in [0.25, 0.3) is 0 Å². The van der Waals surface area contributed by atoms with Crippen molar-refractivity contribution in [3.63, 3.8) is 0 Å². The summed E-state index contributed by atoms with van der Waals surface area (Å²) in [5, 5.41) is 0. The Morgan fingerprint density at radius 1 is 1.17 bits per heavy atom. The quantitative estimate of drug-likeness (QED) is 0.696. The highest BCUT2D eigenvalue weighted by molar-refractivity contribution is 6.02. The molecule has 30 heavy (non-hydrogen) atoms. The Hall–Kier alpha value is -2.18. The molecule has 1 aliphatic carbocycles. The first-order valence-electron chi connectivity index (χ1n) is 10.9. The molecule has 1 amide bonds. The van der Waals surface area contributed by atoms with Gasteiger partial charge in [-0.25, -0.2) is 0 Å². The second-order valence-electron chi connectivity index (χ2n) is 9.87. The number of amidine groups is 1. The Morgan fingerprint density at radius 3 is 2.70 bits per heavy atom. The van der Waals surface area contributed by atoms with Gasteiger partial charge in [-0.05, 0) is 50.3 Å². The molecule has 0 bridgehead atoms. The highest BCUT2D eigenvalue weighted by Crippen LogP contribution is 2.45. The van der Waals surface area contributed by atoms with Gasteiger partial charge in [0.05, 0.1) is 24.4 Å². The number of piperidine rings is 1. The van der Waals surface area contributed by atoms with Crippen LogP contribution in [0.3, 0.4) is 0 Å². The molecule has 5 rings (SSSR count). The molecule has 6 nitrogen and oxygen atoms in total. The van der Waals surface area contributed by atoms with Crippen LogP contribution in [0, 0.1) is 0 Å². The molecule has 4 aliphatic rings. The third-order valence-electron chi connectivity index (χ3n) is 6.65. The molecule has 1 saturated heterocycles. The number of hydrogen-bond donors (Lipinski definition) is 0. The van der Waals surface area contributed by atoms with E-state index in [2.05, 4.69) is 40.2 Å². The fraction of sp³-hybridized carbons (Fsp3) is 0.583. The van der Waals surface area contributed by atoms with Gasteiger partial charge in [0.25, 0.3) is 11.9 Å². The molecule has 3 heterocycles. The van der Waals surface area contributed by atoms with E-state index in [1.54, 1.807) is 0 Å². The van der Waals surface area contributed by atoms with Crippen molar-refractivity contribution in [3.05, 3.63) is 47.0 Å². The van der Waals surface area contributed by atoms with Gasteiger partial charge in [0.2, 0.25) is 0 Å². The largest absolute Gasteiger partial charge is 0.447 e. The molecule has 1 unspecified atom stereocenters. The van der Waals surface area contributed by atoms with Crippen molar-refractivity contribution in [2.24, 2.45) is 4.99 Å². The molecular formula is C24H30N2O4. The zero-order valence-corrected chi connectivity index (χ0v) is 18.1. The zero-order chi connectivity index (χ0) is 21.0. The van der Waals surface area contributed by atoms with Crippen LogP contribution in [0.2, 0.25) is 0 Å². The maximum absolute atomic E-state index is 12.8. The lowest BCUT2D eigenvalue weighted by Gasteiger charge is -2.39. The number of benzene rings is 1. The first-order valence-corrected chi connectivity index (χ1v) is 10.9. The van der Waals surface area contributed by atoms with Gasteiger partial charge in [-0.3, -0.25) is 4.79 Å². The summed E-state index contributed by atoms with van der Waals surface area (Å²) in [7, 11) is 0. The minimum absolute atomic E-state index is 0.165. The van der Waals surface area contributed by atoms with Crippen molar-refractivity contribution in [2.45, 2.75) is 69.9 Å². The summed E-state index contributed by atoms with van der Waals surface area (Å²) in [5.41, 5.74) is 2.44. The molecule has 0 N–H and O–H groups in total. The second kappa shape index (κ2) is 6.92. The summed E-state index contributed by atoms with van der Waals surface area (Å²) in [6.07, 6.45) is 4.95. The lowest BCUT2D eigenvalue weighted by atomic mass is 9.84. The number of hydrogen-bond acceptors (Lipinski definition) is 5. The van der Waals surface area contributed by atoms with Crippen molar-refractivity contribution < 1.29 is 19.0 Å². The standard InChI is InChI=1S/C24H30N2O4/c1-22(2,3)28-15-17-8-9-24(14-17)20(27)25-21(30-24)26-12-10-23(11-13-26)19-7-5-4-6-18(19)16-29-23/h4-8H,9-16H2,1-3H3. The van der Waals surface area contributed by atoms with Crippen LogP contribution in [-0.4, -0.2) is 47.7 Å². The summed E-state index contributed by atoms with van der Waals surface area (Å²) in [6, 6.07) is 8.97. The van der Waals surface area contributed by atoms with Crippen molar-refractivity contribution in [1.29, 1.82) is 0 Å². The Kier molecular flexibility index (Phi) is 4.56. The van der Waals surface area contributed by atoms with Crippen LogP contribution in [-0.2, 0) is 31.2 Å². The molecule has 1 aromatic rings. The van der Waals surface area contributed by atoms with Crippen molar-refractivity contribution in [2.75, 3.05) is 19.7 Å². The Bertz CT molecular complexity index is 921. The van der Waals surface area contributed by atoms with Crippen molar-refractivity contribution in [1.82, 2.24) is 4.90 Å². The normalized spacial score (nSPS) is 27.4. The predicted molar refractivity (Wildman–Crippen MR) is 113 cm³/mol. The third-order valence-corrected chi connectivity index (χ3v) is 6.65. The van der Waals surface area contributed by atoms with Gasteiger partial charge in [0.1, 0.15) is 0 Å². The van der Waals surface area contributed by atoms with E-state index in [0.29, 0.717) is 32.1 Å². The maximum Gasteiger partial charge on any atom is 0.296 e. The number of nitrogens with zero attached hydrogens (tertiary/aromatic N) is 2. The van der Waals surface area contributed by atoms with Gasteiger partial charge >= 0.3 is 0 Å².